The smallest absolute Gasteiger partial charge is 0.412 e. The summed E-state index contributed by atoms with van der Waals surface area (Å²) in [5.74, 6) is 0. The van der Waals surface area contributed by atoms with Crippen molar-refractivity contribution in [1.29, 1.82) is 0 Å². The molecule has 0 fully saturated rings. The van der Waals surface area contributed by atoms with Crippen molar-refractivity contribution in [1.82, 2.24) is 0 Å². The maximum atomic E-state index is 10.7. The van der Waals surface area contributed by atoms with E-state index in [4.69, 9.17) is 0 Å². The van der Waals surface area contributed by atoms with Gasteiger partial charge in [0.2, 0.25) is 0 Å². The van der Waals surface area contributed by atoms with Crippen LogP contribution < -0.4 is 0 Å². The third-order valence-electron chi connectivity index (χ3n) is 0.671. The second-order valence-corrected chi connectivity index (χ2v) is 4.10. The van der Waals surface area contributed by atoms with Crippen molar-refractivity contribution in [3.05, 3.63) is 0 Å². The SMILES string of the molecule is C[O][V](=[O])([O]C)[O]C.O. The molecule has 0 heterocycles. The Labute approximate surface area is 57.2 Å². The van der Waals surface area contributed by atoms with Gasteiger partial charge in [0, 0.05) is 0 Å². The Bertz CT molecular complexity index is 83.4. The molecular weight excluding hydrogens is 167 g/mol. The normalized spacial score (nSPS) is 10.6. The molecule has 2 N–H and O–H groups in total. The summed E-state index contributed by atoms with van der Waals surface area (Å²) in [6, 6.07) is 0. The van der Waals surface area contributed by atoms with Crippen LogP contribution in [0.2, 0.25) is 0 Å². The molecule has 9 heavy (non-hydrogen) atoms. The zero-order valence-electron chi connectivity index (χ0n) is 5.58. The van der Waals surface area contributed by atoms with Crippen LogP contribution >= 0.6 is 0 Å². The molecule has 0 aromatic heterocycles. The van der Waals surface area contributed by atoms with Gasteiger partial charge in [-0.25, -0.2) is 0 Å². The second kappa shape index (κ2) is 5.04. The second-order valence-electron chi connectivity index (χ2n) is 0.995. The summed E-state index contributed by atoms with van der Waals surface area (Å²) in [4.78, 5) is 0. The average molecular weight is 178 g/mol. The van der Waals surface area contributed by atoms with E-state index in [0.717, 1.165) is 0 Å². The molecule has 0 aliphatic heterocycles. The van der Waals surface area contributed by atoms with Crippen LogP contribution in [0, 0.1) is 0 Å². The third-order valence-corrected chi connectivity index (χ3v) is 2.77. The predicted octanol–water partition coefficient (Wildman–Crippen LogP) is -0.655. The molecule has 5 nitrogen and oxygen atoms in total. The molecule has 0 unspecified atom stereocenters. The molecule has 0 aromatic carbocycles. The molecular formula is C3H11O5V. The fraction of sp³-hybridized carbons (Fsp3) is 1.00. The molecule has 0 bridgehead atoms. The Morgan fingerprint density at radius 2 is 1.22 bits per heavy atom. The quantitative estimate of drug-likeness (QED) is 0.575. The maximum Gasteiger partial charge on any atom is -0.412 e. The van der Waals surface area contributed by atoms with Gasteiger partial charge in [0.15, 0.2) is 0 Å². The standard InChI is InChI=1S/3CH3O.H2O.O.V/c3*1-2;;;/h3*1H3;1H2;;/q3*-1;;;+3. The van der Waals surface area contributed by atoms with Crippen molar-refractivity contribution in [3.63, 3.8) is 0 Å². The Morgan fingerprint density at radius 3 is 1.22 bits per heavy atom. The van der Waals surface area contributed by atoms with Crippen LogP contribution in [0.25, 0.3) is 0 Å². The van der Waals surface area contributed by atoms with Gasteiger partial charge in [-0.1, -0.05) is 0 Å². The van der Waals surface area contributed by atoms with E-state index in [1.807, 2.05) is 0 Å². The van der Waals surface area contributed by atoms with Gasteiger partial charge >= 0.3 is 51.0 Å². The van der Waals surface area contributed by atoms with E-state index in [-0.39, 0.29) is 5.48 Å². The van der Waals surface area contributed by atoms with Crippen LogP contribution in [-0.4, -0.2) is 26.8 Å². The molecule has 0 saturated carbocycles. The Hall–Kier alpha value is 0.224. The minimum Gasteiger partial charge on any atom is -0.412 e. The van der Waals surface area contributed by atoms with Gasteiger partial charge in [-0.15, -0.1) is 0 Å². The monoisotopic (exact) mass is 178 g/mol. The summed E-state index contributed by atoms with van der Waals surface area (Å²) in [6.07, 6.45) is 0. The predicted molar refractivity (Wildman–Crippen MR) is 25.3 cm³/mol. The molecule has 0 aliphatic rings. The van der Waals surface area contributed by atoms with Crippen LogP contribution in [0.15, 0.2) is 0 Å². The summed E-state index contributed by atoms with van der Waals surface area (Å²) >= 11 is -3.73. The number of hydrogen-bond donors (Lipinski definition) is 0. The first-order valence-corrected chi connectivity index (χ1v) is 4.24. The van der Waals surface area contributed by atoms with Crippen LogP contribution in [0.1, 0.15) is 0 Å². The molecule has 0 aromatic rings. The molecule has 0 rings (SSSR count). The Balaban J connectivity index is 0. The van der Waals surface area contributed by atoms with Gasteiger partial charge < -0.3 is 5.48 Å². The largest absolute Gasteiger partial charge is 0.412 e. The minimum absolute atomic E-state index is 0. The van der Waals surface area contributed by atoms with E-state index in [2.05, 4.69) is 11.0 Å². The number of rotatable bonds is 3. The molecule has 6 heteroatoms. The molecule has 0 aliphatic carbocycles. The first-order valence-electron chi connectivity index (χ1n) is 1.96. The van der Waals surface area contributed by atoms with E-state index < -0.39 is 15.0 Å². The fourth-order valence-corrected chi connectivity index (χ4v) is 0.922. The van der Waals surface area contributed by atoms with E-state index >= 15 is 0 Å². The van der Waals surface area contributed by atoms with E-state index in [1.165, 1.54) is 21.3 Å². The van der Waals surface area contributed by atoms with Gasteiger partial charge in [-0.3, -0.25) is 0 Å². The average Bonchev–Trinajstić information content (AvgIpc) is 1.87. The van der Waals surface area contributed by atoms with Crippen molar-refractivity contribution in [3.8, 4) is 0 Å². The van der Waals surface area contributed by atoms with Crippen LogP contribution in [0.4, 0.5) is 0 Å². The first kappa shape index (κ1) is 12.0. The number of hydrogen-bond acceptors (Lipinski definition) is 4. The van der Waals surface area contributed by atoms with E-state index in [1.54, 1.807) is 0 Å². The minimum atomic E-state index is -3.73. The van der Waals surface area contributed by atoms with Crippen molar-refractivity contribution in [2.24, 2.45) is 0 Å². The first-order chi connectivity index (χ1) is 3.68. The van der Waals surface area contributed by atoms with Gasteiger partial charge in [0.05, 0.1) is 0 Å². The van der Waals surface area contributed by atoms with Gasteiger partial charge in [-0.2, -0.15) is 0 Å². The summed E-state index contributed by atoms with van der Waals surface area (Å²) in [6.45, 7) is 0. The van der Waals surface area contributed by atoms with E-state index in [0.29, 0.717) is 0 Å². The zero-order valence-corrected chi connectivity index (χ0v) is 6.98. The van der Waals surface area contributed by atoms with Gasteiger partial charge in [-0.05, 0) is 0 Å². The molecule has 0 atom stereocenters. The fourth-order valence-electron chi connectivity index (χ4n) is 0.224. The maximum absolute atomic E-state index is 10.7. The topological polar surface area (TPSA) is 76.3 Å². The van der Waals surface area contributed by atoms with Crippen LogP contribution in [0.3, 0.4) is 0 Å². The molecule has 0 spiro atoms. The molecule has 58 valence electrons. The van der Waals surface area contributed by atoms with Crippen molar-refractivity contribution in [2.45, 2.75) is 0 Å². The Kier molecular flexibility index (Phi) is 6.70. The van der Waals surface area contributed by atoms with E-state index in [9.17, 15) is 3.67 Å². The summed E-state index contributed by atoms with van der Waals surface area (Å²) in [5.41, 5.74) is 0. The van der Waals surface area contributed by atoms with Crippen molar-refractivity contribution in [2.75, 3.05) is 21.3 Å². The van der Waals surface area contributed by atoms with Crippen LogP contribution in [-0.2, 0) is 29.7 Å². The third kappa shape index (κ3) is 3.74. The van der Waals surface area contributed by atoms with Gasteiger partial charge in [0.25, 0.3) is 0 Å². The van der Waals surface area contributed by atoms with Gasteiger partial charge in [0.1, 0.15) is 0 Å². The van der Waals surface area contributed by atoms with Crippen molar-refractivity contribution >= 4 is 0 Å². The van der Waals surface area contributed by atoms with Crippen molar-refractivity contribution < 1.29 is 35.2 Å². The summed E-state index contributed by atoms with van der Waals surface area (Å²) in [7, 11) is 3.85. The molecule has 0 amide bonds. The molecule has 0 saturated heterocycles. The molecule has 0 radical (unpaired) electrons. The van der Waals surface area contributed by atoms with Crippen LogP contribution in [0.5, 0.6) is 0 Å². The summed E-state index contributed by atoms with van der Waals surface area (Å²) in [5, 5.41) is 0. The summed E-state index contributed by atoms with van der Waals surface area (Å²) < 4.78 is 23.9. The Morgan fingerprint density at radius 1 is 1.00 bits per heavy atom. The zero-order chi connectivity index (χ0) is 6.62.